The van der Waals surface area contributed by atoms with Gasteiger partial charge in [0.2, 0.25) is 11.8 Å². The second-order valence-electron chi connectivity index (χ2n) is 6.37. The van der Waals surface area contributed by atoms with E-state index in [9.17, 15) is 9.59 Å². The molecule has 1 fully saturated rings. The van der Waals surface area contributed by atoms with E-state index in [0.29, 0.717) is 24.6 Å². The maximum absolute atomic E-state index is 12.2. The maximum atomic E-state index is 12.2. The fraction of sp³-hybridized carbons (Fsp3) is 0.579. The van der Waals surface area contributed by atoms with Gasteiger partial charge in [-0.15, -0.1) is 0 Å². The van der Waals surface area contributed by atoms with Crippen molar-refractivity contribution in [1.82, 2.24) is 15.1 Å². The molecule has 1 N–H and O–H groups in total. The molecule has 0 atom stereocenters. The number of hydrogen-bond acceptors (Lipinski definition) is 6. The van der Waals surface area contributed by atoms with Crippen molar-refractivity contribution in [1.29, 1.82) is 0 Å². The van der Waals surface area contributed by atoms with Crippen LogP contribution in [0.15, 0.2) is 18.2 Å². The SMILES string of the molecule is COc1ccc(CN(CC(=O)NCCN2CCOCC2)C(C)=O)cc1OC. The van der Waals surface area contributed by atoms with Gasteiger partial charge in [0.15, 0.2) is 11.5 Å². The molecule has 150 valence electrons. The van der Waals surface area contributed by atoms with Crippen molar-refractivity contribution in [3.63, 3.8) is 0 Å². The van der Waals surface area contributed by atoms with E-state index in [1.54, 1.807) is 20.3 Å². The zero-order chi connectivity index (χ0) is 19.6. The maximum Gasteiger partial charge on any atom is 0.239 e. The van der Waals surface area contributed by atoms with Gasteiger partial charge in [0, 0.05) is 39.6 Å². The molecule has 1 aliphatic heterocycles. The Hall–Kier alpha value is -2.32. The lowest BCUT2D eigenvalue weighted by molar-refractivity contribution is -0.134. The summed E-state index contributed by atoms with van der Waals surface area (Å²) in [5.41, 5.74) is 0.865. The van der Waals surface area contributed by atoms with Gasteiger partial charge in [-0.25, -0.2) is 0 Å². The van der Waals surface area contributed by atoms with Gasteiger partial charge < -0.3 is 24.4 Å². The predicted molar refractivity (Wildman–Crippen MR) is 101 cm³/mol. The van der Waals surface area contributed by atoms with Gasteiger partial charge in [-0.05, 0) is 17.7 Å². The molecule has 0 spiro atoms. The number of amides is 2. The normalized spacial score (nSPS) is 14.5. The highest BCUT2D eigenvalue weighted by Crippen LogP contribution is 2.28. The molecule has 0 aliphatic carbocycles. The summed E-state index contributed by atoms with van der Waals surface area (Å²) >= 11 is 0. The zero-order valence-electron chi connectivity index (χ0n) is 16.3. The molecule has 8 heteroatoms. The number of morpholine rings is 1. The van der Waals surface area contributed by atoms with Crippen molar-refractivity contribution in [3.05, 3.63) is 23.8 Å². The van der Waals surface area contributed by atoms with Crippen LogP contribution in [0.5, 0.6) is 11.5 Å². The summed E-state index contributed by atoms with van der Waals surface area (Å²) in [6.45, 7) is 6.38. The van der Waals surface area contributed by atoms with E-state index >= 15 is 0 Å². The molecule has 1 saturated heterocycles. The molecule has 0 unspecified atom stereocenters. The molecular formula is C19H29N3O5. The lowest BCUT2D eigenvalue weighted by Crippen LogP contribution is -2.44. The van der Waals surface area contributed by atoms with E-state index in [-0.39, 0.29) is 18.4 Å². The molecule has 2 amide bonds. The highest BCUT2D eigenvalue weighted by atomic mass is 16.5. The first-order valence-corrected chi connectivity index (χ1v) is 9.06. The van der Waals surface area contributed by atoms with E-state index in [0.717, 1.165) is 38.4 Å². The summed E-state index contributed by atoms with van der Waals surface area (Å²) < 4.78 is 15.8. The first kappa shape index (κ1) is 21.0. The van der Waals surface area contributed by atoms with E-state index in [2.05, 4.69) is 10.2 Å². The topological polar surface area (TPSA) is 80.3 Å². The van der Waals surface area contributed by atoms with Gasteiger partial charge in [-0.2, -0.15) is 0 Å². The zero-order valence-corrected chi connectivity index (χ0v) is 16.3. The molecule has 0 radical (unpaired) electrons. The Morgan fingerprint density at radius 3 is 2.52 bits per heavy atom. The largest absolute Gasteiger partial charge is 0.493 e. The summed E-state index contributed by atoms with van der Waals surface area (Å²) in [5, 5.41) is 2.88. The monoisotopic (exact) mass is 379 g/mol. The number of carbonyl (C=O) groups is 2. The lowest BCUT2D eigenvalue weighted by atomic mass is 10.2. The van der Waals surface area contributed by atoms with Crippen molar-refractivity contribution in [2.45, 2.75) is 13.5 Å². The number of methoxy groups -OCH3 is 2. The number of hydrogen-bond donors (Lipinski definition) is 1. The molecule has 0 bridgehead atoms. The predicted octanol–water partition coefficient (Wildman–Crippen LogP) is 0.501. The van der Waals surface area contributed by atoms with Gasteiger partial charge in [0.05, 0.1) is 34.0 Å². The lowest BCUT2D eigenvalue weighted by Gasteiger charge is -2.26. The van der Waals surface area contributed by atoms with E-state index in [4.69, 9.17) is 14.2 Å². The molecule has 0 aromatic heterocycles. The summed E-state index contributed by atoms with van der Waals surface area (Å²) in [7, 11) is 3.13. The number of rotatable bonds is 9. The highest BCUT2D eigenvalue weighted by molar-refractivity contribution is 5.83. The van der Waals surface area contributed by atoms with Gasteiger partial charge in [-0.1, -0.05) is 6.07 Å². The molecule has 1 aromatic carbocycles. The third-order valence-corrected chi connectivity index (χ3v) is 4.46. The third-order valence-electron chi connectivity index (χ3n) is 4.46. The Morgan fingerprint density at radius 1 is 1.19 bits per heavy atom. The second-order valence-corrected chi connectivity index (χ2v) is 6.37. The Labute approximate surface area is 160 Å². The number of nitrogens with one attached hydrogen (secondary N) is 1. The quantitative estimate of drug-likeness (QED) is 0.673. The van der Waals surface area contributed by atoms with Crippen LogP contribution in [0.1, 0.15) is 12.5 Å². The number of benzene rings is 1. The number of ether oxygens (including phenoxy) is 3. The van der Waals surface area contributed by atoms with Crippen LogP contribution in [0.25, 0.3) is 0 Å². The second kappa shape index (κ2) is 10.7. The van der Waals surface area contributed by atoms with Crippen LogP contribution in [-0.4, -0.2) is 81.8 Å². The summed E-state index contributed by atoms with van der Waals surface area (Å²) in [6.07, 6.45) is 0. The molecule has 8 nitrogen and oxygen atoms in total. The van der Waals surface area contributed by atoms with Gasteiger partial charge >= 0.3 is 0 Å². The fourth-order valence-electron chi connectivity index (χ4n) is 2.89. The molecule has 2 rings (SSSR count). The standard InChI is InChI=1S/C19H29N3O5/c1-15(23)22(13-16-4-5-17(25-2)18(12-16)26-3)14-19(24)20-6-7-21-8-10-27-11-9-21/h4-5,12H,6-11,13-14H2,1-3H3,(H,20,24). The van der Waals surface area contributed by atoms with Crippen molar-refractivity contribution < 1.29 is 23.8 Å². The summed E-state index contributed by atoms with van der Waals surface area (Å²) in [6, 6.07) is 5.45. The Bertz CT molecular complexity index is 632. The van der Waals surface area contributed by atoms with E-state index in [1.807, 2.05) is 12.1 Å². The van der Waals surface area contributed by atoms with Crippen LogP contribution in [0.4, 0.5) is 0 Å². The van der Waals surface area contributed by atoms with Gasteiger partial charge in [0.25, 0.3) is 0 Å². The van der Waals surface area contributed by atoms with Crippen molar-refractivity contribution in [2.24, 2.45) is 0 Å². The van der Waals surface area contributed by atoms with E-state index < -0.39 is 0 Å². The third kappa shape index (κ3) is 6.73. The Kier molecular flexibility index (Phi) is 8.35. The smallest absolute Gasteiger partial charge is 0.239 e. The van der Waals surface area contributed by atoms with Crippen LogP contribution in [-0.2, 0) is 20.9 Å². The van der Waals surface area contributed by atoms with E-state index in [1.165, 1.54) is 11.8 Å². The Morgan fingerprint density at radius 2 is 1.89 bits per heavy atom. The Balaban J connectivity index is 1.85. The summed E-state index contributed by atoms with van der Waals surface area (Å²) in [5.74, 6) is 0.886. The average Bonchev–Trinajstić information content (AvgIpc) is 2.68. The van der Waals surface area contributed by atoms with Crippen LogP contribution in [0.2, 0.25) is 0 Å². The molecule has 1 heterocycles. The first-order chi connectivity index (χ1) is 13.0. The minimum atomic E-state index is -0.168. The van der Waals surface area contributed by atoms with Crippen LogP contribution < -0.4 is 14.8 Å². The molecule has 27 heavy (non-hydrogen) atoms. The molecule has 1 aliphatic rings. The average molecular weight is 379 g/mol. The van der Waals surface area contributed by atoms with Crippen LogP contribution in [0, 0.1) is 0 Å². The number of nitrogens with zero attached hydrogens (tertiary/aromatic N) is 2. The fourth-order valence-corrected chi connectivity index (χ4v) is 2.89. The number of carbonyl (C=O) groups excluding carboxylic acids is 2. The van der Waals surface area contributed by atoms with Gasteiger partial charge in [0.1, 0.15) is 0 Å². The van der Waals surface area contributed by atoms with Gasteiger partial charge in [-0.3, -0.25) is 14.5 Å². The first-order valence-electron chi connectivity index (χ1n) is 9.06. The highest BCUT2D eigenvalue weighted by Gasteiger charge is 2.16. The minimum absolute atomic E-state index is 0.0206. The molecular weight excluding hydrogens is 350 g/mol. The summed E-state index contributed by atoms with van der Waals surface area (Å²) in [4.78, 5) is 27.9. The molecule has 1 aromatic rings. The molecule has 0 saturated carbocycles. The van der Waals surface area contributed by atoms with Crippen LogP contribution >= 0.6 is 0 Å². The van der Waals surface area contributed by atoms with Crippen LogP contribution in [0.3, 0.4) is 0 Å². The van der Waals surface area contributed by atoms with Crippen molar-refractivity contribution in [2.75, 3.05) is 60.2 Å². The van der Waals surface area contributed by atoms with Crippen molar-refractivity contribution >= 4 is 11.8 Å². The minimum Gasteiger partial charge on any atom is -0.493 e. The van der Waals surface area contributed by atoms with Crippen molar-refractivity contribution in [3.8, 4) is 11.5 Å².